The molecule has 9 heteroatoms. The first kappa shape index (κ1) is 19.8. The highest BCUT2D eigenvalue weighted by molar-refractivity contribution is 6.01. The number of hydrogen-bond acceptors (Lipinski definition) is 3. The van der Waals surface area contributed by atoms with E-state index in [0.29, 0.717) is 23.0 Å². The molecule has 0 fully saturated rings. The van der Waals surface area contributed by atoms with E-state index in [0.717, 1.165) is 11.6 Å². The number of H-pyrrole nitrogens is 1. The Morgan fingerprint density at radius 3 is 2.73 bits per heavy atom. The van der Waals surface area contributed by atoms with Crippen molar-refractivity contribution in [3.05, 3.63) is 69.5 Å². The predicted octanol–water partition coefficient (Wildman–Crippen LogP) is 4.50. The normalized spacial score (nSPS) is 15.9. The van der Waals surface area contributed by atoms with Crippen LogP contribution in [0.15, 0.2) is 47.3 Å². The van der Waals surface area contributed by atoms with Gasteiger partial charge in [-0.05, 0) is 30.7 Å². The van der Waals surface area contributed by atoms with E-state index in [-0.39, 0.29) is 23.5 Å². The molecular formula is C21H18F3N3O3. The van der Waals surface area contributed by atoms with Gasteiger partial charge in [0, 0.05) is 23.4 Å². The van der Waals surface area contributed by atoms with Gasteiger partial charge in [-0.2, -0.15) is 13.2 Å². The van der Waals surface area contributed by atoms with Crippen LogP contribution in [-0.2, 0) is 6.18 Å². The number of aryl methyl sites for hydroxylation is 1. The van der Waals surface area contributed by atoms with E-state index in [9.17, 15) is 22.8 Å². The average molecular weight is 417 g/mol. The number of carbonyl (C=O) groups excluding carboxylic acids is 1. The number of aromatic nitrogens is 1. The van der Waals surface area contributed by atoms with Gasteiger partial charge in [-0.25, -0.2) is 4.79 Å². The van der Waals surface area contributed by atoms with Crippen molar-refractivity contribution in [3.63, 3.8) is 0 Å². The smallest absolute Gasteiger partial charge is 0.419 e. The lowest BCUT2D eigenvalue weighted by molar-refractivity contribution is -0.139. The fraction of sp³-hybridized carbons (Fsp3) is 0.238. The minimum absolute atomic E-state index is 0.0551. The van der Waals surface area contributed by atoms with E-state index < -0.39 is 23.8 Å². The van der Waals surface area contributed by atoms with Crippen LogP contribution in [-0.4, -0.2) is 17.6 Å². The lowest BCUT2D eigenvalue weighted by atomic mass is 9.97. The SMILES string of the molecule is Cc1ccc2[nH]c(=O)ccc2c1NC(=O)N[C@@H]1CCOc2c1cccc2C(F)(F)F. The van der Waals surface area contributed by atoms with E-state index in [1.54, 1.807) is 25.1 Å². The Morgan fingerprint density at radius 1 is 1.17 bits per heavy atom. The molecule has 1 atom stereocenters. The van der Waals surface area contributed by atoms with Gasteiger partial charge >= 0.3 is 12.2 Å². The summed E-state index contributed by atoms with van der Waals surface area (Å²) in [6.45, 7) is 1.86. The van der Waals surface area contributed by atoms with E-state index >= 15 is 0 Å². The molecule has 0 aliphatic carbocycles. The second kappa shape index (κ2) is 7.40. The van der Waals surface area contributed by atoms with Gasteiger partial charge in [0.15, 0.2) is 0 Å². The number of alkyl halides is 3. The number of benzene rings is 2. The van der Waals surface area contributed by atoms with E-state index in [1.165, 1.54) is 18.2 Å². The van der Waals surface area contributed by atoms with Crippen molar-refractivity contribution < 1.29 is 22.7 Å². The summed E-state index contributed by atoms with van der Waals surface area (Å²) in [5.74, 6) is -0.250. The molecule has 4 rings (SSSR count). The van der Waals surface area contributed by atoms with Crippen LogP contribution in [0.4, 0.5) is 23.7 Å². The second-order valence-electron chi connectivity index (χ2n) is 7.05. The van der Waals surface area contributed by atoms with Crippen molar-refractivity contribution in [1.82, 2.24) is 10.3 Å². The maximum absolute atomic E-state index is 13.3. The third kappa shape index (κ3) is 3.70. The molecule has 1 aliphatic heterocycles. The van der Waals surface area contributed by atoms with Crippen molar-refractivity contribution >= 4 is 22.6 Å². The van der Waals surface area contributed by atoms with Crippen LogP contribution in [0, 0.1) is 6.92 Å². The van der Waals surface area contributed by atoms with Gasteiger partial charge in [-0.3, -0.25) is 4.79 Å². The summed E-state index contributed by atoms with van der Waals surface area (Å²) in [4.78, 5) is 26.9. The number of anilines is 1. The van der Waals surface area contributed by atoms with Gasteiger partial charge in [-0.1, -0.05) is 18.2 Å². The maximum Gasteiger partial charge on any atom is 0.419 e. The molecule has 156 valence electrons. The topological polar surface area (TPSA) is 83.2 Å². The van der Waals surface area contributed by atoms with Gasteiger partial charge in [0.1, 0.15) is 5.75 Å². The molecule has 2 amide bonds. The van der Waals surface area contributed by atoms with Crippen molar-refractivity contribution in [1.29, 1.82) is 0 Å². The third-order valence-corrected chi connectivity index (χ3v) is 5.04. The van der Waals surface area contributed by atoms with Crippen LogP contribution in [0.25, 0.3) is 10.9 Å². The second-order valence-corrected chi connectivity index (χ2v) is 7.05. The molecule has 0 spiro atoms. The summed E-state index contributed by atoms with van der Waals surface area (Å²) in [6.07, 6.45) is -4.21. The molecule has 0 unspecified atom stereocenters. The highest BCUT2D eigenvalue weighted by atomic mass is 19.4. The molecule has 0 saturated heterocycles. The third-order valence-electron chi connectivity index (χ3n) is 5.04. The number of carbonyl (C=O) groups is 1. The molecule has 3 N–H and O–H groups in total. The number of ether oxygens (including phenoxy) is 1. The Labute approximate surface area is 169 Å². The zero-order valence-corrected chi connectivity index (χ0v) is 15.9. The minimum Gasteiger partial charge on any atom is -0.492 e. The summed E-state index contributed by atoms with van der Waals surface area (Å²) in [5.41, 5.74) is 1.01. The fourth-order valence-electron chi connectivity index (χ4n) is 3.62. The quantitative estimate of drug-likeness (QED) is 0.574. The number of amides is 2. The number of urea groups is 1. The Morgan fingerprint density at radius 2 is 1.97 bits per heavy atom. The molecule has 6 nitrogen and oxygen atoms in total. The van der Waals surface area contributed by atoms with E-state index in [1.807, 2.05) is 0 Å². The Bertz CT molecular complexity index is 1190. The number of halogens is 3. The van der Waals surface area contributed by atoms with E-state index in [4.69, 9.17) is 4.74 Å². The molecule has 0 saturated carbocycles. The predicted molar refractivity (Wildman–Crippen MR) is 106 cm³/mol. The van der Waals surface area contributed by atoms with Crippen LogP contribution in [0.3, 0.4) is 0 Å². The Hall–Kier alpha value is -3.49. The first-order chi connectivity index (χ1) is 14.2. The van der Waals surface area contributed by atoms with Gasteiger partial charge in [-0.15, -0.1) is 0 Å². The fourth-order valence-corrected chi connectivity index (χ4v) is 3.62. The van der Waals surface area contributed by atoms with Gasteiger partial charge in [0.05, 0.1) is 29.4 Å². The molecule has 2 heterocycles. The Kier molecular flexibility index (Phi) is 4.89. The van der Waals surface area contributed by atoms with Gasteiger partial charge in [0.2, 0.25) is 5.56 Å². The minimum atomic E-state index is -4.55. The molecule has 3 aromatic rings. The van der Waals surface area contributed by atoms with Crippen LogP contribution >= 0.6 is 0 Å². The molecule has 2 aromatic carbocycles. The Balaban J connectivity index is 1.61. The number of rotatable bonds is 2. The lowest BCUT2D eigenvalue weighted by Crippen LogP contribution is -2.36. The number of nitrogens with one attached hydrogen (secondary N) is 3. The van der Waals surface area contributed by atoms with Crippen molar-refractivity contribution in [2.24, 2.45) is 0 Å². The summed E-state index contributed by atoms with van der Waals surface area (Å²) in [6, 6.07) is 9.04. The maximum atomic E-state index is 13.3. The summed E-state index contributed by atoms with van der Waals surface area (Å²) in [7, 11) is 0. The molecular weight excluding hydrogens is 399 g/mol. The van der Waals surface area contributed by atoms with Crippen LogP contribution in [0.5, 0.6) is 5.75 Å². The van der Waals surface area contributed by atoms with Crippen molar-refractivity contribution in [2.75, 3.05) is 11.9 Å². The number of hydrogen-bond donors (Lipinski definition) is 3. The largest absolute Gasteiger partial charge is 0.492 e. The monoisotopic (exact) mass is 417 g/mol. The van der Waals surface area contributed by atoms with Crippen LogP contribution < -0.4 is 20.9 Å². The molecule has 1 aliphatic rings. The van der Waals surface area contributed by atoms with Gasteiger partial charge < -0.3 is 20.4 Å². The molecule has 1 aromatic heterocycles. The van der Waals surface area contributed by atoms with Gasteiger partial charge in [0.25, 0.3) is 0 Å². The molecule has 0 radical (unpaired) electrons. The lowest BCUT2D eigenvalue weighted by Gasteiger charge is -2.29. The molecule has 0 bridgehead atoms. The zero-order chi connectivity index (χ0) is 21.5. The molecule has 30 heavy (non-hydrogen) atoms. The number of aromatic amines is 1. The zero-order valence-electron chi connectivity index (χ0n) is 15.9. The first-order valence-corrected chi connectivity index (χ1v) is 9.27. The highest BCUT2D eigenvalue weighted by Crippen LogP contribution is 2.42. The summed E-state index contributed by atoms with van der Waals surface area (Å²) < 4.78 is 45.1. The van der Waals surface area contributed by atoms with Crippen LogP contribution in [0.2, 0.25) is 0 Å². The number of pyridine rings is 1. The first-order valence-electron chi connectivity index (χ1n) is 9.27. The summed E-state index contributed by atoms with van der Waals surface area (Å²) >= 11 is 0. The van der Waals surface area contributed by atoms with Crippen molar-refractivity contribution in [3.8, 4) is 5.75 Å². The van der Waals surface area contributed by atoms with Crippen molar-refractivity contribution in [2.45, 2.75) is 25.6 Å². The number of para-hydroxylation sites is 1. The highest BCUT2D eigenvalue weighted by Gasteiger charge is 2.37. The van der Waals surface area contributed by atoms with Crippen LogP contribution in [0.1, 0.15) is 29.2 Å². The summed E-state index contributed by atoms with van der Waals surface area (Å²) in [5, 5.41) is 6.15. The average Bonchev–Trinajstić information content (AvgIpc) is 2.69. The number of fused-ring (bicyclic) bond motifs is 2. The standard InChI is InChI=1S/C21H18F3N3O3/c1-11-5-7-15-12(6-8-17(28)25-15)18(11)27-20(29)26-16-9-10-30-19-13(16)3-2-4-14(19)21(22,23)24/h2-8,16H,9-10H2,1H3,(H,25,28)(H2,26,27,29)/t16-/m1/s1. The van der Waals surface area contributed by atoms with E-state index in [2.05, 4.69) is 15.6 Å².